The van der Waals surface area contributed by atoms with Crippen LogP contribution in [0.4, 0.5) is 13.2 Å². The normalized spacial score (nSPS) is 10.4. The van der Waals surface area contributed by atoms with Gasteiger partial charge in [-0.05, 0) is 6.92 Å². The summed E-state index contributed by atoms with van der Waals surface area (Å²) >= 11 is 0. The maximum absolute atomic E-state index is 11.3. The van der Waals surface area contributed by atoms with Crippen LogP contribution in [0.15, 0.2) is 0 Å². The van der Waals surface area contributed by atoms with E-state index in [9.17, 15) is 13.2 Å². The van der Waals surface area contributed by atoms with Crippen molar-refractivity contribution >= 4 is 0 Å². The van der Waals surface area contributed by atoms with Crippen LogP contribution in [0.1, 0.15) is 6.92 Å². The minimum absolute atomic E-state index is 0.157. The monoisotopic (exact) mass is 152 g/mol. The van der Waals surface area contributed by atoms with E-state index in [-0.39, 0.29) is 6.61 Å². The molecule has 0 fully saturated rings. The van der Waals surface area contributed by atoms with E-state index in [2.05, 4.69) is 16.6 Å². The Morgan fingerprint density at radius 1 is 1.40 bits per heavy atom. The second-order valence-electron chi connectivity index (χ2n) is 1.53. The molecule has 0 spiro atoms. The fraction of sp³-hybridized carbons (Fsp3) is 0.667. The highest BCUT2D eigenvalue weighted by Crippen LogP contribution is 2.13. The predicted molar refractivity (Wildman–Crippen MR) is 30.3 cm³/mol. The molecule has 0 bridgehead atoms. The molecule has 58 valence electrons. The molecule has 0 amide bonds. The molecular formula is C6H7F3O. The van der Waals surface area contributed by atoms with Gasteiger partial charge in [0, 0.05) is 0 Å². The van der Waals surface area contributed by atoms with Gasteiger partial charge in [0.15, 0.2) is 0 Å². The van der Waals surface area contributed by atoms with E-state index >= 15 is 0 Å². The fourth-order valence-corrected chi connectivity index (χ4v) is 0.290. The first-order chi connectivity index (χ1) is 4.56. The molecule has 0 saturated carbocycles. The van der Waals surface area contributed by atoms with Crippen molar-refractivity contribution in [1.82, 2.24) is 0 Å². The van der Waals surface area contributed by atoms with Gasteiger partial charge < -0.3 is 4.74 Å². The second-order valence-corrected chi connectivity index (χ2v) is 1.53. The standard InChI is InChI=1S/C6H7F3O/c1-2-3-4-10-5-6(7,8)9/h4-5H2,1H3. The van der Waals surface area contributed by atoms with Crippen molar-refractivity contribution in [3.63, 3.8) is 0 Å². The first-order valence-electron chi connectivity index (χ1n) is 2.60. The molecule has 4 heteroatoms. The molecule has 0 aliphatic heterocycles. The predicted octanol–water partition coefficient (Wildman–Crippen LogP) is 1.59. The first kappa shape index (κ1) is 9.31. The molecule has 0 atom stereocenters. The molecule has 0 aliphatic carbocycles. The molecule has 0 unspecified atom stereocenters. The maximum atomic E-state index is 11.3. The third-order valence-corrected chi connectivity index (χ3v) is 0.617. The summed E-state index contributed by atoms with van der Waals surface area (Å²) in [4.78, 5) is 0. The van der Waals surface area contributed by atoms with Crippen LogP contribution < -0.4 is 0 Å². The first-order valence-corrected chi connectivity index (χ1v) is 2.60. The van der Waals surface area contributed by atoms with Crippen LogP contribution in [0.5, 0.6) is 0 Å². The van der Waals surface area contributed by atoms with Gasteiger partial charge in [-0.3, -0.25) is 0 Å². The number of halogens is 3. The van der Waals surface area contributed by atoms with Gasteiger partial charge in [0.2, 0.25) is 0 Å². The quantitative estimate of drug-likeness (QED) is 0.431. The third-order valence-electron chi connectivity index (χ3n) is 0.617. The van der Waals surface area contributed by atoms with Gasteiger partial charge in [0.05, 0.1) is 0 Å². The van der Waals surface area contributed by atoms with Crippen molar-refractivity contribution in [1.29, 1.82) is 0 Å². The van der Waals surface area contributed by atoms with Gasteiger partial charge in [0.25, 0.3) is 0 Å². The molecular weight excluding hydrogens is 145 g/mol. The number of rotatable bonds is 2. The van der Waals surface area contributed by atoms with Gasteiger partial charge in [-0.1, -0.05) is 5.92 Å². The zero-order valence-electron chi connectivity index (χ0n) is 5.46. The Morgan fingerprint density at radius 3 is 2.40 bits per heavy atom. The minimum atomic E-state index is -4.24. The van der Waals surface area contributed by atoms with Gasteiger partial charge in [-0.15, -0.1) is 5.92 Å². The SMILES string of the molecule is CC#CCOCC(F)(F)F. The molecule has 0 saturated heterocycles. The Balaban J connectivity index is 3.26. The summed E-state index contributed by atoms with van der Waals surface area (Å²) in [6, 6.07) is 0. The molecule has 1 nitrogen and oxygen atoms in total. The third kappa shape index (κ3) is 7.31. The van der Waals surface area contributed by atoms with E-state index in [1.165, 1.54) is 6.92 Å². The molecule has 0 aromatic heterocycles. The lowest BCUT2D eigenvalue weighted by Crippen LogP contribution is -2.16. The van der Waals surface area contributed by atoms with Crippen LogP contribution in [0.2, 0.25) is 0 Å². The molecule has 0 aromatic carbocycles. The Morgan fingerprint density at radius 2 is 2.00 bits per heavy atom. The van der Waals surface area contributed by atoms with Crippen molar-refractivity contribution in [3.05, 3.63) is 0 Å². The topological polar surface area (TPSA) is 9.23 Å². The number of hydrogen-bond donors (Lipinski definition) is 0. The Bertz CT molecular complexity index is 139. The summed E-state index contributed by atoms with van der Waals surface area (Å²) in [6.07, 6.45) is -4.24. The highest BCUT2D eigenvalue weighted by Gasteiger charge is 2.26. The van der Waals surface area contributed by atoms with Crippen LogP contribution in [0, 0.1) is 11.8 Å². The van der Waals surface area contributed by atoms with Gasteiger partial charge in [0.1, 0.15) is 13.2 Å². The van der Waals surface area contributed by atoms with E-state index in [1.807, 2.05) is 0 Å². The van der Waals surface area contributed by atoms with Gasteiger partial charge in [-0.2, -0.15) is 13.2 Å². The van der Waals surface area contributed by atoms with Crippen LogP contribution in [-0.4, -0.2) is 19.4 Å². The molecule has 0 aliphatic rings. The molecule has 0 N–H and O–H groups in total. The Labute approximate surface area is 57.2 Å². The highest BCUT2D eigenvalue weighted by atomic mass is 19.4. The Hall–Kier alpha value is -0.690. The lowest BCUT2D eigenvalue weighted by atomic mass is 10.6. The summed E-state index contributed by atoms with van der Waals surface area (Å²) < 4.78 is 38.1. The van der Waals surface area contributed by atoms with Crippen LogP contribution in [0.25, 0.3) is 0 Å². The maximum Gasteiger partial charge on any atom is 0.411 e. The summed E-state index contributed by atoms with van der Waals surface area (Å²) in [5, 5.41) is 0. The Kier molecular flexibility index (Phi) is 3.89. The van der Waals surface area contributed by atoms with Crippen molar-refractivity contribution in [2.24, 2.45) is 0 Å². The molecule has 0 heterocycles. The number of alkyl halides is 3. The summed E-state index contributed by atoms with van der Waals surface area (Å²) in [7, 11) is 0. The smallest absolute Gasteiger partial charge is 0.359 e. The van der Waals surface area contributed by atoms with E-state index in [1.54, 1.807) is 0 Å². The number of hydrogen-bond acceptors (Lipinski definition) is 1. The zero-order chi connectivity index (χ0) is 8.04. The lowest BCUT2D eigenvalue weighted by Gasteiger charge is -2.03. The fourth-order valence-electron chi connectivity index (χ4n) is 0.290. The van der Waals surface area contributed by atoms with E-state index in [0.29, 0.717) is 0 Å². The van der Waals surface area contributed by atoms with Crippen LogP contribution in [0.3, 0.4) is 0 Å². The minimum Gasteiger partial charge on any atom is -0.359 e. The van der Waals surface area contributed by atoms with E-state index in [0.717, 1.165) is 0 Å². The number of ether oxygens (including phenoxy) is 1. The summed E-state index contributed by atoms with van der Waals surface area (Å²) in [6.45, 7) is 0.161. The van der Waals surface area contributed by atoms with Crippen molar-refractivity contribution in [2.45, 2.75) is 13.1 Å². The van der Waals surface area contributed by atoms with Crippen molar-refractivity contribution in [2.75, 3.05) is 13.2 Å². The molecule has 0 rings (SSSR count). The second kappa shape index (κ2) is 4.18. The average molecular weight is 152 g/mol. The largest absolute Gasteiger partial charge is 0.411 e. The van der Waals surface area contributed by atoms with E-state index in [4.69, 9.17) is 0 Å². The lowest BCUT2D eigenvalue weighted by molar-refractivity contribution is -0.170. The molecule has 0 aromatic rings. The van der Waals surface area contributed by atoms with Crippen LogP contribution in [-0.2, 0) is 4.74 Å². The highest BCUT2D eigenvalue weighted by molar-refractivity contribution is 4.94. The summed E-state index contributed by atoms with van der Waals surface area (Å²) in [5.41, 5.74) is 0. The van der Waals surface area contributed by atoms with Crippen molar-refractivity contribution in [3.8, 4) is 11.8 Å². The van der Waals surface area contributed by atoms with E-state index < -0.39 is 12.8 Å². The molecule has 0 radical (unpaired) electrons. The van der Waals surface area contributed by atoms with Gasteiger partial charge in [-0.25, -0.2) is 0 Å². The van der Waals surface area contributed by atoms with Crippen molar-refractivity contribution < 1.29 is 17.9 Å². The van der Waals surface area contributed by atoms with Gasteiger partial charge >= 0.3 is 6.18 Å². The molecule has 10 heavy (non-hydrogen) atoms. The zero-order valence-corrected chi connectivity index (χ0v) is 5.46. The van der Waals surface area contributed by atoms with Crippen LogP contribution >= 0.6 is 0 Å². The summed E-state index contributed by atoms with van der Waals surface area (Å²) in [5.74, 6) is 4.76. The average Bonchev–Trinajstić information content (AvgIpc) is 1.78.